The van der Waals surface area contributed by atoms with Gasteiger partial charge in [-0.3, -0.25) is 4.90 Å². The monoisotopic (exact) mass is 291 g/mol. The highest BCUT2D eigenvalue weighted by Crippen LogP contribution is 2.22. The highest BCUT2D eigenvalue weighted by Gasteiger charge is 2.32. The van der Waals surface area contributed by atoms with Gasteiger partial charge >= 0.3 is 0 Å². The van der Waals surface area contributed by atoms with Gasteiger partial charge in [-0.05, 0) is 39.2 Å². The van der Waals surface area contributed by atoms with Gasteiger partial charge in [0.25, 0.3) is 0 Å². The van der Waals surface area contributed by atoms with E-state index in [-0.39, 0.29) is 5.60 Å². The van der Waals surface area contributed by atoms with Crippen LogP contribution in [0.15, 0.2) is 0 Å². The Bertz CT molecular complexity index is 206. The Kier molecular flexibility index (Phi) is 5.75. The molecule has 0 bridgehead atoms. The maximum Gasteiger partial charge on any atom is 0.0806 e. The smallest absolute Gasteiger partial charge is 0.0806 e. The SMILES string of the molecule is CC(C)CCCN1CC(CBr)OC(C)(C)C1. The number of morpholine rings is 1. The second-order valence-corrected chi connectivity index (χ2v) is 6.57. The number of alkyl halides is 1. The van der Waals surface area contributed by atoms with Crippen LogP contribution in [0.5, 0.6) is 0 Å². The normalized spacial score (nSPS) is 26.2. The molecule has 0 saturated carbocycles. The predicted molar refractivity (Wildman–Crippen MR) is 73.3 cm³/mol. The summed E-state index contributed by atoms with van der Waals surface area (Å²) in [6.07, 6.45) is 2.99. The molecule has 1 fully saturated rings. The molecule has 1 aliphatic heterocycles. The molecule has 0 aromatic heterocycles. The van der Waals surface area contributed by atoms with Gasteiger partial charge in [-0.15, -0.1) is 0 Å². The largest absolute Gasteiger partial charge is 0.369 e. The molecule has 1 atom stereocenters. The van der Waals surface area contributed by atoms with E-state index in [0.717, 1.165) is 24.3 Å². The van der Waals surface area contributed by atoms with Crippen LogP contribution < -0.4 is 0 Å². The van der Waals surface area contributed by atoms with Crippen LogP contribution in [-0.4, -0.2) is 41.6 Å². The average molecular weight is 292 g/mol. The second-order valence-electron chi connectivity index (χ2n) is 5.93. The van der Waals surface area contributed by atoms with Crippen molar-refractivity contribution in [3.63, 3.8) is 0 Å². The minimum atomic E-state index is 0.00845. The van der Waals surface area contributed by atoms with E-state index in [1.165, 1.54) is 19.4 Å². The standard InChI is InChI=1S/C13H26BrNO/c1-11(2)6-5-7-15-9-12(8-14)16-13(3,4)10-15/h11-12H,5-10H2,1-4H3. The molecule has 16 heavy (non-hydrogen) atoms. The zero-order chi connectivity index (χ0) is 12.2. The molecule has 0 spiro atoms. The van der Waals surface area contributed by atoms with Gasteiger partial charge in [0.05, 0.1) is 11.7 Å². The molecule has 1 saturated heterocycles. The van der Waals surface area contributed by atoms with Crippen LogP contribution in [0, 0.1) is 5.92 Å². The molecule has 1 aliphatic rings. The third-order valence-electron chi connectivity index (χ3n) is 2.98. The first-order chi connectivity index (χ1) is 7.43. The number of rotatable bonds is 5. The van der Waals surface area contributed by atoms with E-state index in [9.17, 15) is 0 Å². The molecule has 0 N–H and O–H groups in total. The molecule has 0 aliphatic carbocycles. The number of nitrogens with zero attached hydrogens (tertiary/aromatic N) is 1. The molecule has 1 heterocycles. The molecular weight excluding hydrogens is 266 g/mol. The van der Waals surface area contributed by atoms with Crippen molar-refractivity contribution in [2.45, 2.75) is 52.2 Å². The van der Waals surface area contributed by atoms with Crippen LogP contribution in [0.1, 0.15) is 40.5 Å². The minimum absolute atomic E-state index is 0.00845. The fourth-order valence-corrected chi connectivity index (χ4v) is 2.73. The van der Waals surface area contributed by atoms with Crippen molar-refractivity contribution in [2.24, 2.45) is 5.92 Å². The Labute approximate surface area is 109 Å². The summed E-state index contributed by atoms with van der Waals surface area (Å²) in [5, 5.41) is 0.942. The Morgan fingerprint density at radius 1 is 1.44 bits per heavy atom. The van der Waals surface area contributed by atoms with Crippen molar-refractivity contribution in [1.29, 1.82) is 0 Å². The van der Waals surface area contributed by atoms with Crippen LogP contribution in [0.25, 0.3) is 0 Å². The third kappa shape index (κ3) is 5.15. The number of hydrogen-bond acceptors (Lipinski definition) is 2. The number of halogens is 1. The Balaban J connectivity index is 2.35. The lowest BCUT2D eigenvalue weighted by atomic mass is 10.0. The van der Waals surface area contributed by atoms with E-state index >= 15 is 0 Å². The van der Waals surface area contributed by atoms with E-state index in [0.29, 0.717) is 6.10 Å². The summed E-state index contributed by atoms with van der Waals surface area (Å²) in [7, 11) is 0. The van der Waals surface area contributed by atoms with Crippen molar-refractivity contribution in [3.8, 4) is 0 Å². The van der Waals surface area contributed by atoms with E-state index in [1.54, 1.807) is 0 Å². The number of hydrogen-bond donors (Lipinski definition) is 0. The van der Waals surface area contributed by atoms with E-state index < -0.39 is 0 Å². The molecule has 1 rings (SSSR count). The van der Waals surface area contributed by atoms with Crippen molar-refractivity contribution in [2.75, 3.05) is 25.0 Å². The molecule has 0 aromatic carbocycles. The lowest BCUT2D eigenvalue weighted by molar-refractivity contribution is -0.126. The highest BCUT2D eigenvalue weighted by molar-refractivity contribution is 9.09. The van der Waals surface area contributed by atoms with Crippen LogP contribution in [0.3, 0.4) is 0 Å². The summed E-state index contributed by atoms with van der Waals surface area (Å²) in [6, 6.07) is 0. The van der Waals surface area contributed by atoms with E-state index in [4.69, 9.17) is 4.74 Å². The van der Waals surface area contributed by atoms with Crippen LogP contribution >= 0.6 is 15.9 Å². The highest BCUT2D eigenvalue weighted by atomic mass is 79.9. The van der Waals surface area contributed by atoms with Gasteiger partial charge in [0.1, 0.15) is 0 Å². The molecule has 0 aromatic rings. The lowest BCUT2D eigenvalue weighted by Gasteiger charge is -2.42. The summed E-state index contributed by atoms with van der Waals surface area (Å²) in [5.41, 5.74) is 0.00845. The average Bonchev–Trinajstić information content (AvgIpc) is 2.14. The minimum Gasteiger partial charge on any atom is -0.369 e. The van der Waals surface area contributed by atoms with Gasteiger partial charge in [0.15, 0.2) is 0 Å². The van der Waals surface area contributed by atoms with E-state index in [1.807, 2.05) is 0 Å². The maximum absolute atomic E-state index is 5.99. The fourth-order valence-electron chi connectivity index (χ4n) is 2.39. The van der Waals surface area contributed by atoms with Gasteiger partial charge in [-0.1, -0.05) is 29.8 Å². The van der Waals surface area contributed by atoms with Crippen LogP contribution in [0.4, 0.5) is 0 Å². The molecule has 0 amide bonds. The van der Waals surface area contributed by atoms with Crippen LogP contribution in [0.2, 0.25) is 0 Å². The van der Waals surface area contributed by atoms with Crippen molar-refractivity contribution >= 4 is 15.9 Å². The number of ether oxygens (including phenoxy) is 1. The second kappa shape index (κ2) is 6.36. The Hall–Kier alpha value is 0.400. The topological polar surface area (TPSA) is 12.5 Å². The van der Waals surface area contributed by atoms with Gasteiger partial charge in [-0.2, -0.15) is 0 Å². The molecule has 0 radical (unpaired) electrons. The van der Waals surface area contributed by atoms with Crippen molar-refractivity contribution in [3.05, 3.63) is 0 Å². The van der Waals surface area contributed by atoms with Gasteiger partial charge in [0, 0.05) is 18.4 Å². The predicted octanol–water partition coefficient (Wildman–Crippen LogP) is 3.30. The first kappa shape index (κ1) is 14.5. The zero-order valence-corrected chi connectivity index (χ0v) is 12.7. The maximum atomic E-state index is 5.99. The molecule has 3 heteroatoms. The summed E-state index contributed by atoms with van der Waals surface area (Å²) in [5.74, 6) is 0.820. The first-order valence-corrected chi connectivity index (χ1v) is 7.51. The zero-order valence-electron chi connectivity index (χ0n) is 11.1. The van der Waals surface area contributed by atoms with Crippen LogP contribution in [-0.2, 0) is 4.74 Å². The van der Waals surface area contributed by atoms with Gasteiger partial charge in [0.2, 0.25) is 0 Å². The Morgan fingerprint density at radius 2 is 2.12 bits per heavy atom. The summed E-state index contributed by atoms with van der Waals surface area (Å²) in [6.45, 7) is 12.3. The van der Waals surface area contributed by atoms with E-state index in [2.05, 4.69) is 48.5 Å². The summed E-state index contributed by atoms with van der Waals surface area (Å²) < 4.78 is 5.99. The third-order valence-corrected chi connectivity index (χ3v) is 3.70. The molecular formula is C13H26BrNO. The van der Waals surface area contributed by atoms with Gasteiger partial charge in [-0.25, -0.2) is 0 Å². The van der Waals surface area contributed by atoms with Crippen molar-refractivity contribution in [1.82, 2.24) is 4.90 Å². The fraction of sp³-hybridized carbons (Fsp3) is 1.00. The van der Waals surface area contributed by atoms with Gasteiger partial charge < -0.3 is 4.74 Å². The van der Waals surface area contributed by atoms with Crippen molar-refractivity contribution < 1.29 is 4.74 Å². The first-order valence-electron chi connectivity index (χ1n) is 6.39. The quantitative estimate of drug-likeness (QED) is 0.721. The molecule has 2 nitrogen and oxygen atoms in total. The lowest BCUT2D eigenvalue weighted by Crippen LogP contribution is -2.53. The molecule has 1 unspecified atom stereocenters. The Morgan fingerprint density at radius 3 is 2.69 bits per heavy atom. The summed E-state index contributed by atoms with van der Waals surface area (Å²) >= 11 is 3.53. The summed E-state index contributed by atoms with van der Waals surface area (Å²) in [4.78, 5) is 2.55. The molecule has 96 valence electrons.